The summed E-state index contributed by atoms with van der Waals surface area (Å²) in [6.45, 7) is 3.16. The van der Waals surface area contributed by atoms with Gasteiger partial charge in [-0.15, -0.1) is 10.2 Å². The van der Waals surface area contributed by atoms with Crippen molar-refractivity contribution in [1.29, 1.82) is 0 Å². The van der Waals surface area contributed by atoms with Crippen LogP contribution in [0.4, 0.5) is 5.82 Å². The highest BCUT2D eigenvalue weighted by Gasteiger charge is 2.16. The highest BCUT2D eigenvalue weighted by molar-refractivity contribution is 5.92. The van der Waals surface area contributed by atoms with Crippen LogP contribution in [-0.4, -0.2) is 34.6 Å². The van der Waals surface area contributed by atoms with Crippen LogP contribution in [0.1, 0.15) is 23.0 Å². The number of benzene rings is 1. The largest absolute Gasteiger partial charge is 0.372 e. The smallest absolute Gasteiger partial charge is 0.274 e. The van der Waals surface area contributed by atoms with Crippen molar-refractivity contribution in [2.45, 2.75) is 13.5 Å². The molecule has 0 aliphatic rings. The Labute approximate surface area is 118 Å². The van der Waals surface area contributed by atoms with Gasteiger partial charge in [-0.2, -0.15) is 0 Å². The molecule has 0 saturated heterocycles. The molecule has 1 heterocycles. The number of aromatic nitrogens is 2. The van der Waals surface area contributed by atoms with Crippen LogP contribution in [0.15, 0.2) is 42.5 Å². The van der Waals surface area contributed by atoms with E-state index in [1.165, 1.54) is 0 Å². The number of carbonyl (C=O) groups excluding carboxylic acids is 1. The van der Waals surface area contributed by atoms with Crippen molar-refractivity contribution < 1.29 is 4.79 Å². The molecule has 0 aliphatic heterocycles. The summed E-state index contributed by atoms with van der Waals surface area (Å²) in [5.74, 6) is 0.541. The van der Waals surface area contributed by atoms with Gasteiger partial charge in [0.2, 0.25) is 0 Å². The third kappa shape index (κ3) is 3.32. The summed E-state index contributed by atoms with van der Waals surface area (Å²) in [4.78, 5) is 14.1. The highest BCUT2D eigenvalue weighted by Crippen LogP contribution is 2.09. The van der Waals surface area contributed by atoms with Crippen molar-refractivity contribution in [2.75, 3.05) is 18.9 Å². The SMILES string of the molecule is CCN(Cc1ccccc1)C(=O)c1ccc(NC)nn1. The number of hydrogen-bond donors (Lipinski definition) is 1. The Morgan fingerprint density at radius 3 is 2.45 bits per heavy atom. The number of carbonyl (C=O) groups is 1. The molecule has 1 amide bonds. The third-order valence-corrected chi connectivity index (χ3v) is 3.02. The maximum Gasteiger partial charge on any atom is 0.274 e. The summed E-state index contributed by atoms with van der Waals surface area (Å²) in [5.41, 5.74) is 1.46. The van der Waals surface area contributed by atoms with Gasteiger partial charge in [-0.1, -0.05) is 30.3 Å². The van der Waals surface area contributed by atoms with E-state index in [-0.39, 0.29) is 5.91 Å². The summed E-state index contributed by atoms with van der Waals surface area (Å²) < 4.78 is 0. The third-order valence-electron chi connectivity index (χ3n) is 3.02. The zero-order valence-electron chi connectivity index (χ0n) is 11.7. The predicted octanol–water partition coefficient (Wildman–Crippen LogP) is 2.18. The molecule has 2 rings (SSSR count). The summed E-state index contributed by atoms with van der Waals surface area (Å²) in [6.07, 6.45) is 0. The van der Waals surface area contributed by atoms with Crippen molar-refractivity contribution in [3.63, 3.8) is 0 Å². The summed E-state index contributed by atoms with van der Waals surface area (Å²) >= 11 is 0. The van der Waals surface area contributed by atoms with Crippen LogP contribution in [0.25, 0.3) is 0 Å². The molecule has 0 bridgehead atoms. The number of nitrogens with zero attached hydrogens (tertiary/aromatic N) is 3. The van der Waals surface area contributed by atoms with Gasteiger partial charge in [0.25, 0.3) is 5.91 Å². The van der Waals surface area contributed by atoms with Gasteiger partial charge >= 0.3 is 0 Å². The van der Waals surface area contributed by atoms with Gasteiger partial charge in [-0.3, -0.25) is 4.79 Å². The molecule has 0 aliphatic carbocycles. The van der Waals surface area contributed by atoms with E-state index in [2.05, 4.69) is 15.5 Å². The highest BCUT2D eigenvalue weighted by atomic mass is 16.2. The van der Waals surface area contributed by atoms with Gasteiger partial charge in [0.05, 0.1) is 0 Å². The maximum absolute atomic E-state index is 12.4. The molecular formula is C15H18N4O. The van der Waals surface area contributed by atoms with Gasteiger partial charge in [-0.05, 0) is 24.6 Å². The number of anilines is 1. The molecule has 104 valence electrons. The lowest BCUT2D eigenvalue weighted by molar-refractivity contribution is 0.0745. The van der Waals surface area contributed by atoms with Crippen LogP contribution >= 0.6 is 0 Å². The van der Waals surface area contributed by atoms with Gasteiger partial charge in [0.1, 0.15) is 5.82 Å². The summed E-state index contributed by atoms with van der Waals surface area (Å²) in [5, 5.41) is 10.8. The molecule has 1 N–H and O–H groups in total. The minimum absolute atomic E-state index is 0.105. The fraction of sp³-hybridized carbons (Fsp3) is 0.267. The number of nitrogens with one attached hydrogen (secondary N) is 1. The van der Waals surface area contributed by atoms with E-state index in [1.807, 2.05) is 37.3 Å². The monoisotopic (exact) mass is 270 g/mol. The lowest BCUT2D eigenvalue weighted by Crippen LogP contribution is -2.31. The zero-order chi connectivity index (χ0) is 14.4. The standard InChI is InChI=1S/C15H18N4O/c1-3-19(11-12-7-5-4-6-8-12)15(20)13-9-10-14(16-2)18-17-13/h4-10H,3,11H2,1-2H3,(H,16,18). The molecule has 0 saturated carbocycles. The van der Waals surface area contributed by atoms with Crippen molar-refractivity contribution >= 4 is 11.7 Å². The van der Waals surface area contributed by atoms with Gasteiger partial charge in [-0.25, -0.2) is 0 Å². The van der Waals surface area contributed by atoms with E-state index in [1.54, 1.807) is 24.1 Å². The van der Waals surface area contributed by atoms with E-state index in [0.29, 0.717) is 24.6 Å². The molecule has 20 heavy (non-hydrogen) atoms. The molecule has 1 aromatic carbocycles. The minimum atomic E-state index is -0.105. The molecular weight excluding hydrogens is 252 g/mol. The first-order valence-corrected chi connectivity index (χ1v) is 6.59. The van der Waals surface area contributed by atoms with Gasteiger partial charge < -0.3 is 10.2 Å². The lowest BCUT2D eigenvalue weighted by Gasteiger charge is -2.20. The molecule has 0 fully saturated rings. The van der Waals surface area contributed by atoms with Crippen LogP contribution in [-0.2, 0) is 6.54 Å². The van der Waals surface area contributed by atoms with Gasteiger partial charge in [0.15, 0.2) is 5.69 Å². The minimum Gasteiger partial charge on any atom is -0.372 e. The first-order chi connectivity index (χ1) is 9.74. The van der Waals surface area contributed by atoms with Crippen LogP contribution in [0.3, 0.4) is 0 Å². The number of amides is 1. The van der Waals surface area contributed by atoms with E-state index in [4.69, 9.17) is 0 Å². The van der Waals surface area contributed by atoms with Crippen molar-refractivity contribution in [3.05, 3.63) is 53.7 Å². The van der Waals surface area contributed by atoms with Crippen molar-refractivity contribution in [3.8, 4) is 0 Å². The fourth-order valence-electron chi connectivity index (χ4n) is 1.87. The Balaban J connectivity index is 2.12. The Bertz CT molecular complexity index is 554. The van der Waals surface area contributed by atoms with Gasteiger partial charge in [0, 0.05) is 20.1 Å². The predicted molar refractivity (Wildman–Crippen MR) is 78.4 cm³/mol. The lowest BCUT2D eigenvalue weighted by atomic mass is 10.2. The average Bonchev–Trinajstić information content (AvgIpc) is 2.53. The number of hydrogen-bond acceptors (Lipinski definition) is 4. The topological polar surface area (TPSA) is 58.1 Å². The van der Waals surface area contributed by atoms with E-state index >= 15 is 0 Å². The van der Waals surface area contributed by atoms with E-state index in [9.17, 15) is 4.79 Å². The second kappa shape index (κ2) is 6.65. The quantitative estimate of drug-likeness (QED) is 0.904. The number of rotatable bonds is 5. The molecule has 0 spiro atoms. The first kappa shape index (κ1) is 14.0. The van der Waals surface area contributed by atoms with E-state index in [0.717, 1.165) is 5.56 Å². The molecule has 0 radical (unpaired) electrons. The van der Waals surface area contributed by atoms with Crippen molar-refractivity contribution in [2.24, 2.45) is 0 Å². The maximum atomic E-state index is 12.4. The van der Waals surface area contributed by atoms with Crippen LogP contribution in [0.2, 0.25) is 0 Å². The summed E-state index contributed by atoms with van der Waals surface area (Å²) in [7, 11) is 1.76. The Morgan fingerprint density at radius 2 is 1.90 bits per heavy atom. The Hall–Kier alpha value is -2.43. The average molecular weight is 270 g/mol. The second-order valence-electron chi connectivity index (χ2n) is 4.36. The Morgan fingerprint density at radius 1 is 1.15 bits per heavy atom. The van der Waals surface area contributed by atoms with E-state index < -0.39 is 0 Å². The Kier molecular flexibility index (Phi) is 4.65. The normalized spacial score (nSPS) is 10.1. The second-order valence-corrected chi connectivity index (χ2v) is 4.36. The summed E-state index contributed by atoms with van der Waals surface area (Å²) in [6, 6.07) is 13.3. The first-order valence-electron chi connectivity index (χ1n) is 6.59. The molecule has 2 aromatic rings. The van der Waals surface area contributed by atoms with Crippen LogP contribution in [0, 0.1) is 0 Å². The molecule has 5 nitrogen and oxygen atoms in total. The van der Waals surface area contributed by atoms with Crippen LogP contribution in [0.5, 0.6) is 0 Å². The molecule has 5 heteroatoms. The molecule has 0 atom stereocenters. The van der Waals surface area contributed by atoms with Crippen LogP contribution < -0.4 is 5.32 Å². The van der Waals surface area contributed by atoms with Crippen molar-refractivity contribution in [1.82, 2.24) is 15.1 Å². The molecule has 0 unspecified atom stereocenters. The molecule has 1 aromatic heterocycles. The fourth-order valence-corrected chi connectivity index (χ4v) is 1.87. The zero-order valence-corrected chi connectivity index (χ0v) is 11.7.